The molecule has 7 nitrogen and oxygen atoms in total. The highest BCUT2D eigenvalue weighted by Gasteiger charge is 2.18. The van der Waals surface area contributed by atoms with E-state index < -0.39 is 0 Å². The number of carbonyl (C=O) groups excluding carboxylic acids is 1. The van der Waals surface area contributed by atoms with Gasteiger partial charge in [-0.1, -0.05) is 12.1 Å². The largest absolute Gasteiger partial charge is 0.307 e. The van der Waals surface area contributed by atoms with E-state index in [0.717, 1.165) is 16.9 Å². The van der Waals surface area contributed by atoms with Crippen molar-refractivity contribution in [1.29, 1.82) is 0 Å². The number of hydrogen-bond donors (Lipinski definition) is 1. The Morgan fingerprint density at radius 3 is 2.81 bits per heavy atom. The summed E-state index contributed by atoms with van der Waals surface area (Å²) in [5.41, 5.74) is 3.22. The van der Waals surface area contributed by atoms with Crippen LogP contribution in [0.2, 0.25) is 0 Å². The van der Waals surface area contributed by atoms with Crippen molar-refractivity contribution in [3.63, 3.8) is 0 Å². The number of aliphatic imine (C=N–C) groups is 1. The zero-order valence-corrected chi connectivity index (χ0v) is 15.0. The molecule has 0 atom stereocenters. The van der Waals surface area contributed by atoms with Crippen molar-refractivity contribution in [3.8, 4) is 5.69 Å². The summed E-state index contributed by atoms with van der Waals surface area (Å²) in [7, 11) is 0. The molecule has 7 heteroatoms. The Hall–Kier alpha value is -3.48. The number of allylic oxidation sites excluding steroid dienone is 1. The third-order valence-corrected chi connectivity index (χ3v) is 3.87. The highest BCUT2D eigenvalue weighted by atomic mass is 16.1. The molecule has 0 saturated heterocycles. The molecule has 0 bridgehead atoms. The summed E-state index contributed by atoms with van der Waals surface area (Å²) in [4.78, 5) is 17.0. The van der Waals surface area contributed by atoms with Crippen molar-refractivity contribution in [2.45, 2.75) is 20.8 Å². The second-order valence-corrected chi connectivity index (χ2v) is 5.93. The van der Waals surface area contributed by atoms with Gasteiger partial charge in [0.1, 0.15) is 5.82 Å². The molecule has 1 N–H and O–H groups in total. The molecule has 2 heterocycles. The van der Waals surface area contributed by atoms with E-state index in [-0.39, 0.29) is 5.91 Å². The molecule has 3 rings (SSSR count). The van der Waals surface area contributed by atoms with Crippen molar-refractivity contribution in [1.82, 2.24) is 14.8 Å². The SMILES string of the molecule is C=NN1C=CC=N/C1=C(/C)C(=O)Nc1cc(C)nn1-c1cccc(C)c1. The predicted octanol–water partition coefficient (Wildman–Crippen LogP) is 3.17. The van der Waals surface area contributed by atoms with Crippen LogP contribution in [-0.2, 0) is 4.79 Å². The fourth-order valence-corrected chi connectivity index (χ4v) is 2.60. The van der Waals surface area contributed by atoms with Crippen molar-refractivity contribution in [2.75, 3.05) is 5.32 Å². The van der Waals surface area contributed by atoms with Gasteiger partial charge in [0.05, 0.1) is 17.0 Å². The van der Waals surface area contributed by atoms with Crippen LogP contribution in [0.3, 0.4) is 0 Å². The van der Waals surface area contributed by atoms with E-state index in [4.69, 9.17) is 0 Å². The van der Waals surface area contributed by atoms with Crippen LogP contribution in [0.25, 0.3) is 5.69 Å². The average Bonchev–Trinajstić information content (AvgIpc) is 3.01. The van der Waals surface area contributed by atoms with Gasteiger partial charge in [0.25, 0.3) is 5.91 Å². The summed E-state index contributed by atoms with van der Waals surface area (Å²) in [6.07, 6.45) is 5.02. The van der Waals surface area contributed by atoms with Gasteiger partial charge in [-0.2, -0.15) is 10.2 Å². The van der Waals surface area contributed by atoms with E-state index in [9.17, 15) is 4.79 Å². The molecule has 2 aromatic rings. The van der Waals surface area contributed by atoms with Gasteiger partial charge in [-0.15, -0.1) is 0 Å². The number of nitrogens with one attached hydrogen (secondary N) is 1. The highest BCUT2D eigenvalue weighted by molar-refractivity contribution is 6.03. The Kier molecular flexibility index (Phi) is 4.79. The molecule has 1 aromatic heterocycles. The van der Waals surface area contributed by atoms with Crippen LogP contribution in [0.15, 0.2) is 64.1 Å². The van der Waals surface area contributed by atoms with E-state index in [0.29, 0.717) is 17.2 Å². The number of benzene rings is 1. The van der Waals surface area contributed by atoms with Crippen molar-refractivity contribution in [2.24, 2.45) is 10.1 Å². The van der Waals surface area contributed by atoms with Crippen molar-refractivity contribution >= 4 is 24.7 Å². The van der Waals surface area contributed by atoms with E-state index >= 15 is 0 Å². The normalized spacial score (nSPS) is 15.1. The molecule has 0 aliphatic carbocycles. The lowest BCUT2D eigenvalue weighted by Gasteiger charge is -2.18. The minimum atomic E-state index is -0.282. The molecule has 0 saturated carbocycles. The number of hydrogen-bond acceptors (Lipinski definition) is 5. The quantitative estimate of drug-likeness (QED) is 0.681. The van der Waals surface area contributed by atoms with Crippen LogP contribution >= 0.6 is 0 Å². The lowest BCUT2D eigenvalue weighted by Crippen LogP contribution is -2.21. The van der Waals surface area contributed by atoms with Gasteiger partial charge in [-0.05, 0) is 44.5 Å². The Morgan fingerprint density at radius 1 is 1.27 bits per heavy atom. The number of nitrogens with zero attached hydrogens (tertiary/aromatic N) is 5. The standard InChI is InChI=1S/C19H20N6O/c1-13-7-5-8-16(11-13)25-17(12-14(2)23-25)22-19(26)15(3)18-21-9-6-10-24(18)20-4/h5-12H,4H2,1-3H3,(H,22,26)/b18-15+. The van der Waals surface area contributed by atoms with Gasteiger partial charge >= 0.3 is 0 Å². The first kappa shape index (κ1) is 17.3. The van der Waals surface area contributed by atoms with E-state index in [1.165, 1.54) is 5.01 Å². The summed E-state index contributed by atoms with van der Waals surface area (Å²) in [6, 6.07) is 9.74. The molecule has 1 amide bonds. The number of aryl methyl sites for hydroxylation is 2. The first-order valence-corrected chi connectivity index (χ1v) is 8.12. The molecular formula is C19H20N6O. The molecule has 1 aliphatic rings. The van der Waals surface area contributed by atoms with Crippen molar-refractivity contribution in [3.05, 3.63) is 65.3 Å². The highest BCUT2D eigenvalue weighted by Crippen LogP contribution is 2.21. The number of hydrazone groups is 1. The van der Waals surface area contributed by atoms with Gasteiger partial charge < -0.3 is 5.32 Å². The number of carbonyl (C=O) groups is 1. The van der Waals surface area contributed by atoms with Crippen LogP contribution in [0.5, 0.6) is 0 Å². The van der Waals surface area contributed by atoms with E-state index in [1.807, 2.05) is 44.2 Å². The molecule has 1 aliphatic heterocycles. The molecule has 132 valence electrons. The van der Waals surface area contributed by atoms with Gasteiger partial charge in [0.2, 0.25) is 0 Å². The Bertz CT molecular complexity index is 951. The first-order valence-electron chi connectivity index (χ1n) is 8.12. The maximum atomic E-state index is 12.7. The summed E-state index contributed by atoms with van der Waals surface area (Å²) in [5.74, 6) is 0.736. The second-order valence-electron chi connectivity index (χ2n) is 5.93. The number of rotatable bonds is 4. The molecule has 0 spiro atoms. The fourth-order valence-electron chi connectivity index (χ4n) is 2.60. The predicted molar refractivity (Wildman–Crippen MR) is 103 cm³/mol. The summed E-state index contributed by atoms with van der Waals surface area (Å²) >= 11 is 0. The maximum absolute atomic E-state index is 12.7. The first-order chi connectivity index (χ1) is 12.5. The maximum Gasteiger partial charge on any atom is 0.256 e. The zero-order valence-electron chi connectivity index (χ0n) is 15.0. The minimum absolute atomic E-state index is 0.282. The number of aromatic nitrogens is 2. The minimum Gasteiger partial charge on any atom is -0.307 e. The fraction of sp³-hybridized carbons (Fsp3) is 0.158. The van der Waals surface area contributed by atoms with Crippen LogP contribution in [0.1, 0.15) is 18.2 Å². The third-order valence-electron chi connectivity index (χ3n) is 3.87. The van der Waals surface area contributed by atoms with Gasteiger partial charge in [-0.25, -0.2) is 14.7 Å². The van der Waals surface area contributed by atoms with E-state index in [1.54, 1.807) is 30.1 Å². The molecular weight excluding hydrogens is 328 g/mol. The van der Waals surface area contributed by atoms with Crippen molar-refractivity contribution < 1.29 is 4.79 Å². The average molecular weight is 348 g/mol. The van der Waals surface area contributed by atoms with Crippen LogP contribution in [-0.4, -0.2) is 33.6 Å². The Labute approximate surface area is 152 Å². The molecule has 0 unspecified atom stereocenters. The Balaban J connectivity index is 1.92. The van der Waals surface area contributed by atoms with E-state index in [2.05, 4.69) is 27.2 Å². The summed E-state index contributed by atoms with van der Waals surface area (Å²) in [5, 5.41) is 12.7. The summed E-state index contributed by atoms with van der Waals surface area (Å²) in [6.45, 7) is 9.08. The lowest BCUT2D eigenvalue weighted by atomic mass is 10.2. The summed E-state index contributed by atoms with van der Waals surface area (Å²) < 4.78 is 1.71. The van der Waals surface area contributed by atoms with Crippen LogP contribution in [0, 0.1) is 13.8 Å². The molecule has 0 radical (unpaired) electrons. The third kappa shape index (κ3) is 3.46. The zero-order chi connectivity index (χ0) is 18.7. The topological polar surface area (TPSA) is 74.9 Å². The van der Waals surface area contributed by atoms with Gasteiger partial charge in [-0.3, -0.25) is 4.79 Å². The smallest absolute Gasteiger partial charge is 0.256 e. The molecule has 1 aromatic carbocycles. The van der Waals surface area contributed by atoms with Crippen LogP contribution < -0.4 is 5.32 Å². The van der Waals surface area contributed by atoms with Gasteiger partial charge in [0.15, 0.2) is 5.82 Å². The van der Waals surface area contributed by atoms with Gasteiger partial charge in [0, 0.05) is 25.2 Å². The molecule has 26 heavy (non-hydrogen) atoms. The Morgan fingerprint density at radius 2 is 2.08 bits per heavy atom. The lowest BCUT2D eigenvalue weighted by molar-refractivity contribution is -0.113. The number of amides is 1. The number of anilines is 1. The monoisotopic (exact) mass is 348 g/mol. The van der Waals surface area contributed by atoms with Crippen LogP contribution in [0.4, 0.5) is 5.82 Å². The second kappa shape index (κ2) is 7.18. The molecule has 0 fully saturated rings.